The van der Waals surface area contributed by atoms with Crippen molar-refractivity contribution in [3.05, 3.63) is 22.5 Å². The van der Waals surface area contributed by atoms with E-state index in [4.69, 9.17) is 4.74 Å². The van der Waals surface area contributed by atoms with Gasteiger partial charge in [0.05, 0.1) is 19.8 Å². The molecule has 0 atom stereocenters. The van der Waals surface area contributed by atoms with Crippen LogP contribution in [0.2, 0.25) is 0 Å². The molecule has 0 radical (unpaired) electrons. The maximum absolute atomic E-state index is 11.5. The van der Waals surface area contributed by atoms with E-state index in [0.29, 0.717) is 24.4 Å². The van der Waals surface area contributed by atoms with Crippen molar-refractivity contribution in [2.24, 2.45) is 0 Å². The van der Waals surface area contributed by atoms with Crippen molar-refractivity contribution >= 4 is 11.9 Å². The summed E-state index contributed by atoms with van der Waals surface area (Å²) in [5, 5.41) is 0. The van der Waals surface area contributed by atoms with E-state index in [0.717, 1.165) is 5.57 Å². The molecule has 0 saturated carbocycles. The molecule has 0 amide bonds. The van der Waals surface area contributed by atoms with Crippen LogP contribution in [-0.2, 0) is 23.8 Å². The Bertz CT molecular complexity index is 364. The van der Waals surface area contributed by atoms with Crippen LogP contribution in [0.15, 0.2) is 22.5 Å². The van der Waals surface area contributed by atoms with Crippen LogP contribution in [0, 0.1) is 0 Å². The van der Waals surface area contributed by atoms with Gasteiger partial charge in [-0.3, -0.25) is 0 Å². The zero-order valence-corrected chi connectivity index (χ0v) is 8.46. The molecule has 0 aromatic heterocycles. The lowest BCUT2D eigenvalue weighted by Crippen LogP contribution is -2.18. The van der Waals surface area contributed by atoms with Gasteiger partial charge in [-0.2, -0.15) is 0 Å². The Kier molecular flexibility index (Phi) is 2.22. The number of allylic oxidation sites excluding steroid dienone is 1. The van der Waals surface area contributed by atoms with Gasteiger partial charge in [-0.05, 0) is 5.57 Å². The minimum atomic E-state index is -0.555. The first-order chi connectivity index (χ1) is 7.19. The number of esters is 2. The van der Waals surface area contributed by atoms with Gasteiger partial charge in [-0.25, -0.2) is 9.59 Å². The number of fused-ring (bicyclic) bond motifs is 2. The number of hydrogen-bond donors (Lipinski definition) is 0. The molecule has 0 aromatic rings. The van der Waals surface area contributed by atoms with Crippen LogP contribution < -0.4 is 0 Å². The van der Waals surface area contributed by atoms with E-state index in [1.54, 1.807) is 0 Å². The van der Waals surface area contributed by atoms with Crippen molar-refractivity contribution in [3.8, 4) is 0 Å². The SMILES string of the molecule is COC(=O)C1=C2COC(=C1C(=O)OC)C2. The molecule has 0 aromatic carbocycles. The number of rotatable bonds is 2. The largest absolute Gasteiger partial charge is 0.492 e. The fourth-order valence-corrected chi connectivity index (χ4v) is 1.77. The highest BCUT2D eigenvalue weighted by atomic mass is 16.5. The summed E-state index contributed by atoms with van der Waals surface area (Å²) < 4.78 is 14.4. The second-order valence-corrected chi connectivity index (χ2v) is 3.23. The average molecular weight is 210 g/mol. The van der Waals surface area contributed by atoms with Gasteiger partial charge in [0, 0.05) is 6.42 Å². The Hall–Kier alpha value is -1.78. The Labute approximate surface area is 86.3 Å². The smallest absolute Gasteiger partial charge is 0.342 e. The minimum absolute atomic E-state index is 0.214. The van der Waals surface area contributed by atoms with Crippen LogP contribution in [-0.4, -0.2) is 32.8 Å². The predicted octanol–water partition coefficient (Wildman–Crippen LogP) is 0.317. The zero-order chi connectivity index (χ0) is 11.0. The number of methoxy groups -OCH3 is 2. The first kappa shape index (κ1) is 9.76. The van der Waals surface area contributed by atoms with Crippen molar-refractivity contribution in [2.75, 3.05) is 20.8 Å². The van der Waals surface area contributed by atoms with Crippen LogP contribution in [0.3, 0.4) is 0 Å². The molecule has 2 aliphatic rings. The van der Waals surface area contributed by atoms with Gasteiger partial charge in [-0.15, -0.1) is 0 Å². The van der Waals surface area contributed by atoms with E-state index in [1.807, 2.05) is 0 Å². The third kappa shape index (κ3) is 1.31. The van der Waals surface area contributed by atoms with E-state index in [1.165, 1.54) is 14.2 Å². The second kappa shape index (κ2) is 3.42. The van der Waals surface area contributed by atoms with Crippen molar-refractivity contribution in [3.63, 3.8) is 0 Å². The molecule has 2 bridgehead atoms. The van der Waals surface area contributed by atoms with E-state index >= 15 is 0 Å². The molecule has 1 aliphatic heterocycles. The number of carbonyl (C=O) groups excluding carboxylic acids is 2. The maximum atomic E-state index is 11.5. The van der Waals surface area contributed by atoms with Crippen molar-refractivity contribution in [1.29, 1.82) is 0 Å². The summed E-state index contributed by atoms with van der Waals surface area (Å²) in [7, 11) is 2.55. The normalized spacial score (nSPS) is 18.0. The van der Waals surface area contributed by atoms with Gasteiger partial charge >= 0.3 is 11.9 Å². The third-order valence-corrected chi connectivity index (χ3v) is 2.46. The summed E-state index contributed by atoms with van der Waals surface area (Å²) in [5.74, 6) is -0.555. The van der Waals surface area contributed by atoms with Crippen molar-refractivity contribution < 1.29 is 23.8 Å². The van der Waals surface area contributed by atoms with Gasteiger partial charge in [0.1, 0.15) is 17.9 Å². The minimum Gasteiger partial charge on any atom is -0.492 e. The molecule has 2 rings (SSSR count). The summed E-state index contributed by atoms with van der Waals surface area (Å²) in [6.07, 6.45) is 0.509. The Morgan fingerprint density at radius 2 is 1.73 bits per heavy atom. The Balaban J connectivity index is 2.41. The molecule has 1 aliphatic carbocycles. The van der Waals surface area contributed by atoms with Gasteiger partial charge in [0.2, 0.25) is 0 Å². The fourth-order valence-electron chi connectivity index (χ4n) is 1.77. The second-order valence-electron chi connectivity index (χ2n) is 3.23. The molecule has 5 heteroatoms. The van der Waals surface area contributed by atoms with Crippen molar-refractivity contribution in [2.45, 2.75) is 6.42 Å². The molecule has 1 heterocycles. The topological polar surface area (TPSA) is 61.8 Å². The zero-order valence-electron chi connectivity index (χ0n) is 8.46. The summed E-state index contributed by atoms with van der Waals surface area (Å²) in [6, 6.07) is 0. The van der Waals surface area contributed by atoms with Gasteiger partial charge in [-0.1, -0.05) is 0 Å². The molecular weight excluding hydrogens is 200 g/mol. The first-order valence-corrected chi connectivity index (χ1v) is 4.44. The van der Waals surface area contributed by atoms with Crippen LogP contribution in [0.5, 0.6) is 0 Å². The van der Waals surface area contributed by atoms with Crippen LogP contribution in [0.25, 0.3) is 0 Å². The quantitative estimate of drug-likeness (QED) is 0.614. The highest BCUT2D eigenvalue weighted by molar-refractivity contribution is 6.09. The highest BCUT2D eigenvalue weighted by Crippen LogP contribution is 2.40. The molecule has 0 unspecified atom stereocenters. The fraction of sp³-hybridized carbons (Fsp3) is 0.400. The van der Waals surface area contributed by atoms with Crippen LogP contribution >= 0.6 is 0 Å². The van der Waals surface area contributed by atoms with E-state index in [2.05, 4.69) is 9.47 Å². The Morgan fingerprint density at radius 1 is 1.13 bits per heavy atom. The molecule has 80 valence electrons. The molecular formula is C10H10O5. The van der Waals surface area contributed by atoms with E-state index in [-0.39, 0.29) is 5.57 Å². The summed E-state index contributed by atoms with van der Waals surface area (Å²) in [6.45, 7) is 0.361. The number of carbonyl (C=O) groups is 2. The standard InChI is InChI=1S/C10H10O5/c1-13-9(11)7-5-3-6(15-4-5)8(7)10(12)14-2/h3-4H2,1-2H3. The lowest BCUT2D eigenvalue weighted by atomic mass is 10.1. The lowest BCUT2D eigenvalue weighted by molar-refractivity contribution is -0.139. The van der Waals surface area contributed by atoms with E-state index < -0.39 is 11.9 Å². The van der Waals surface area contributed by atoms with Crippen LogP contribution in [0.1, 0.15) is 6.42 Å². The monoisotopic (exact) mass is 210 g/mol. The maximum Gasteiger partial charge on any atom is 0.342 e. The third-order valence-electron chi connectivity index (χ3n) is 2.46. The molecule has 5 nitrogen and oxygen atoms in total. The number of ether oxygens (including phenoxy) is 3. The first-order valence-electron chi connectivity index (χ1n) is 4.44. The van der Waals surface area contributed by atoms with Gasteiger partial charge in [0.15, 0.2) is 0 Å². The number of hydrogen-bond acceptors (Lipinski definition) is 5. The molecule has 0 spiro atoms. The molecule has 0 N–H and O–H groups in total. The predicted molar refractivity (Wildman–Crippen MR) is 48.7 cm³/mol. The van der Waals surface area contributed by atoms with Crippen LogP contribution in [0.4, 0.5) is 0 Å². The summed E-state index contributed by atoms with van der Waals surface area (Å²) in [5.41, 5.74) is 1.31. The Morgan fingerprint density at radius 3 is 2.33 bits per heavy atom. The van der Waals surface area contributed by atoms with Gasteiger partial charge < -0.3 is 14.2 Å². The summed E-state index contributed by atoms with van der Waals surface area (Å²) in [4.78, 5) is 22.9. The molecule has 15 heavy (non-hydrogen) atoms. The lowest BCUT2D eigenvalue weighted by Gasteiger charge is -2.12. The van der Waals surface area contributed by atoms with Crippen molar-refractivity contribution in [1.82, 2.24) is 0 Å². The molecule has 1 fully saturated rings. The summed E-state index contributed by atoms with van der Waals surface area (Å²) >= 11 is 0. The average Bonchev–Trinajstić information content (AvgIpc) is 2.86. The van der Waals surface area contributed by atoms with E-state index in [9.17, 15) is 9.59 Å². The highest BCUT2D eigenvalue weighted by Gasteiger charge is 2.39. The van der Waals surface area contributed by atoms with Gasteiger partial charge in [0.25, 0.3) is 0 Å². The molecule has 1 saturated heterocycles.